The fourth-order valence-electron chi connectivity index (χ4n) is 3.25. The summed E-state index contributed by atoms with van der Waals surface area (Å²) in [6.45, 7) is 14.0. The minimum Gasteiger partial charge on any atom is -0.0558 e. The lowest BCUT2D eigenvalue weighted by atomic mass is 9.62. The molecule has 0 bridgehead atoms. The van der Waals surface area contributed by atoms with Crippen LogP contribution in [0, 0.1) is 13.8 Å². The lowest BCUT2D eigenvalue weighted by molar-refractivity contribution is 0.330. The predicted octanol–water partition coefficient (Wildman–Crippen LogP) is 5.41. The fourth-order valence-corrected chi connectivity index (χ4v) is 3.56. The molecule has 0 saturated heterocycles. The summed E-state index contributed by atoms with van der Waals surface area (Å²) < 4.78 is 1.29. The van der Waals surface area contributed by atoms with Crippen LogP contribution in [0.15, 0.2) is 10.5 Å². The highest BCUT2D eigenvalue weighted by atomic mass is 79.9. The predicted molar refractivity (Wildman–Crippen MR) is 78.9 cm³/mol. The summed E-state index contributed by atoms with van der Waals surface area (Å²) >= 11 is 3.75. The second-order valence-corrected chi connectivity index (χ2v) is 7.62. The van der Waals surface area contributed by atoms with Crippen molar-refractivity contribution in [1.82, 2.24) is 0 Å². The maximum Gasteiger partial charge on any atom is 0.0236 e. The van der Waals surface area contributed by atoms with Crippen molar-refractivity contribution in [1.29, 1.82) is 0 Å². The Balaban J connectivity index is 2.81. The molecule has 0 fully saturated rings. The van der Waals surface area contributed by atoms with E-state index in [4.69, 9.17) is 0 Å². The van der Waals surface area contributed by atoms with Crippen LogP contribution in [0.4, 0.5) is 0 Å². The maximum absolute atomic E-state index is 3.75. The van der Waals surface area contributed by atoms with Crippen molar-refractivity contribution in [2.75, 3.05) is 0 Å². The third-order valence-corrected chi connectivity index (χ3v) is 5.68. The van der Waals surface area contributed by atoms with Crippen LogP contribution in [0.5, 0.6) is 0 Å². The molecule has 0 aromatic heterocycles. The summed E-state index contributed by atoms with van der Waals surface area (Å²) in [6.07, 6.45) is 2.57. The van der Waals surface area contributed by atoms with Crippen molar-refractivity contribution < 1.29 is 0 Å². The highest BCUT2D eigenvalue weighted by Gasteiger charge is 2.38. The summed E-state index contributed by atoms with van der Waals surface area (Å²) in [5.74, 6) is 0. The SMILES string of the molecule is Cc1cc2c(c(C)c1Br)C(C)(C)CCC2(C)C. The zero-order valence-electron chi connectivity index (χ0n) is 11.9. The van der Waals surface area contributed by atoms with Gasteiger partial charge in [-0.2, -0.15) is 0 Å². The van der Waals surface area contributed by atoms with Gasteiger partial charge in [0.2, 0.25) is 0 Å². The number of hydrogen-bond donors (Lipinski definition) is 0. The molecule has 1 aliphatic rings. The van der Waals surface area contributed by atoms with E-state index in [0.717, 1.165) is 0 Å². The van der Waals surface area contributed by atoms with Crippen LogP contribution in [0.3, 0.4) is 0 Å². The molecule has 1 aliphatic carbocycles. The summed E-state index contributed by atoms with van der Waals surface area (Å²) in [5, 5.41) is 0. The Morgan fingerprint density at radius 3 is 2.12 bits per heavy atom. The molecule has 0 N–H and O–H groups in total. The van der Waals surface area contributed by atoms with Crippen molar-refractivity contribution >= 4 is 15.9 Å². The molecular weight excluding hydrogens is 272 g/mol. The van der Waals surface area contributed by atoms with Crippen molar-refractivity contribution in [3.63, 3.8) is 0 Å². The van der Waals surface area contributed by atoms with E-state index in [1.54, 1.807) is 11.1 Å². The third-order valence-electron chi connectivity index (χ3n) is 4.46. The molecule has 0 unspecified atom stereocenters. The Morgan fingerprint density at radius 2 is 1.53 bits per heavy atom. The van der Waals surface area contributed by atoms with E-state index in [0.29, 0.717) is 10.8 Å². The van der Waals surface area contributed by atoms with Gasteiger partial charge in [0.05, 0.1) is 0 Å². The van der Waals surface area contributed by atoms with Gasteiger partial charge in [0.25, 0.3) is 0 Å². The molecule has 0 amide bonds. The standard InChI is InChI=1S/C16H23Br/c1-10-9-12-13(11(2)14(10)17)16(5,6)8-7-15(12,3)4/h9H,7-8H2,1-6H3. The highest BCUT2D eigenvalue weighted by Crippen LogP contribution is 2.48. The molecule has 0 saturated carbocycles. The van der Waals surface area contributed by atoms with Crippen LogP contribution in [-0.2, 0) is 10.8 Å². The van der Waals surface area contributed by atoms with Crippen LogP contribution in [-0.4, -0.2) is 0 Å². The van der Waals surface area contributed by atoms with Gasteiger partial charge in [-0.25, -0.2) is 0 Å². The third kappa shape index (κ3) is 1.97. The normalized spacial score (nSPS) is 21.1. The van der Waals surface area contributed by atoms with Crippen molar-refractivity contribution in [3.05, 3.63) is 32.8 Å². The molecule has 0 aliphatic heterocycles. The van der Waals surface area contributed by atoms with Gasteiger partial charge in [0.1, 0.15) is 0 Å². The zero-order valence-corrected chi connectivity index (χ0v) is 13.5. The van der Waals surface area contributed by atoms with Crippen molar-refractivity contribution in [3.8, 4) is 0 Å². The molecule has 1 aromatic carbocycles. The smallest absolute Gasteiger partial charge is 0.0236 e. The molecule has 1 heteroatoms. The van der Waals surface area contributed by atoms with Gasteiger partial charge in [-0.15, -0.1) is 0 Å². The molecule has 94 valence electrons. The molecular formula is C16H23Br. The van der Waals surface area contributed by atoms with E-state index in [1.807, 2.05) is 0 Å². The van der Waals surface area contributed by atoms with Crippen LogP contribution in [0.25, 0.3) is 0 Å². The number of hydrogen-bond acceptors (Lipinski definition) is 0. The molecule has 1 aromatic rings. The maximum atomic E-state index is 3.75. The van der Waals surface area contributed by atoms with E-state index >= 15 is 0 Å². The minimum absolute atomic E-state index is 0.311. The van der Waals surface area contributed by atoms with Crippen LogP contribution < -0.4 is 0 Å². The number of benzene rings is 1. The average molecular weight is 295 g/mol. The van der Waals surface area contributed by atoms with Gasteiger partial charge in [-0.05, 0) is 59.8 Å². The van der Waals surface area contributed by atoms with E-state index in [-0.39, 0.29) is 0 Å². The average Bonchev–Trinajstić information content (AvgIpc) is 2.21. The Morgan fingerprint density at radius 1 is 1.00 bits per heavy atom. The molecule has 17 heavy (non-hydrogen) atoms. The molecule has 0 radical (unpaired) electrons. The van der Waals surface area contributed by atoms with Crippen molar-refractivity contribution in [2.24, 2.45) is 0 Å². The first-order chi connectivity index (χ1) is 7.67. The van der Waals surface area contributed by atoms with Crippen LogP contribution in [0.2, 0.25) is 0 Å². The molecule has 2 rings (SSSR count). The lowest BCUT2D eigenvalue weighted by Crippen LogP contribution is -2.35. The zero-order chi connectivity index (χ0) is 13.0. The van der Waals surface area contributed by atoms with Crippen LogP contribution >= 0.6 is 15.9 Å². The second kappa shape index (κ2) is 3.85. The minimum atomic E-state index is 0.311. The summed E-state index contributed by atoms with van der Waals surface area (Å²) in [7, 11) is 0. The van der Waals surface area contributed by atoms with Gasteiger partial charge < -0.3 is 0 Å². The van der Waals surface area contributed by atoms with E-state index in [2.05, 4.69) is 63.5 Å². The van der Waals surface area contributed by atoms with Crippen LogP contribution in [0.1, 0.15) is 62.8 Å². The first-order valence-corrected chi connectivity index (χ1v) is 7.27. The van der Waals surface area contributed by atoms with Gasteiger partial charge in [0.15, 0.2) is 0 Å². The Hall–Kier alpha value is -0.300. The number of rotatable bonds is 0. The van der Waals surface area contributed by atoms with E-state index < -0.39 is 0 Å². The van der Waals surface area contributed by atoms with Gasteiger partial charge in [-0.3, -0.25) is 0 Å². The van der Waals surface area contributed by atoms with Gasteiger partial charge in [0, 0.05) is 4.47 Å². The first kappa shape index (κ1) is 13.1. The van der Waals surface area contributed by atoms with Gasteiger partial charge in [-0.1, -0.05) is 49.7 Å². The molecule has 0 nitrogen and oxygen atoms in total. The number of halogens is 1. The molecule has 0 heterocycles. The van der Waals surface area contributed by atoms with E-state index in [9.17, 15) is 0 Å². The van der Waals surface area contributed by atoms with E-state index in [1.165, 1.54) is 28.4 Å². The summed E-state index contributed by atoms with van der Waals surface area (Å²) in [6, 6.07) is 2.40. The first-order valence-electron chi connectivity index (χ1n) is 6.47. The Labute approximate surface area is 114 Å². The van der Waals surface area contributed by atoms with Gasteiger partial charge >= 0.3 is 0 Å². The quantitative estimate of drug-likeness (QED) is 0.600. The van der Waals surface area contributed by atoms with Crippen molar-refractivity contribution in [2.45, 2.75) is 65.2 Å². The topological polar surface area (TPSA) is 0 Å². The lowest BCUT2D eigenvalue weighted by Gasteiger charge is -2.43. The summed E-state index contributed by atoms with van der Waals surface area (Å²) in [4.78, 5) is 0. The molecule has 0 atom stereocenters. The monoisotopic (exact) mass is 294 g/mol. The number of aryl methyl sites for hydroxylation is 1. The Kier molecular flexibility index (Phi) is 2.97. The largest absolute Gasteiger partial charge is 0.0558 e. The molecule has 0 spiro atoms. The Bertz CT molecular complexity index is 467. The number of fused-ring (bicyclic) bond motifs is 1. The highest BCUT2D eigenvalue weighted by molar-refractivity contribution is 9.10. The second-order valence-electron chi connectivity index (χ2n) is 6.82. The summed E-state index contributed by atoms with van der Waals surface area (Å²) in [5.41, 5.74) is 6.58. The fraction of sp³-hybridized carbons (Fsp3) is 0.625.